The van der Waals surface area contributed by atoms with Crippen LogP contribution in [-0.2, 0) is 15.7 Å². The molecule has 0 radical (unpaired) electrons. The monoisotopic (exact) mass is 499 g/mol. The zero-order valence-electron chi connectivity index (χ0n) is 19.6. The number of halogens is 1. The van der Waals surface area contributed by atoms with Crippen molar-refractivity contribution in [3.8, 4) is 22.4 Å². The third-order valence-electron chi connectivity index (χ3n) is 5.76. The fourth-order valence-corrected chi connectivity index (χ4v) is 5.31. The third-order valence-corrected chi connectivity index (χ3v) is 7.29. The lowest BCUT2D eigenvalue weighted by Crippen LogP contribution is -2.30. The molecule has 4 N–H and O–H groups in total. The Kier molecular flexibility index (Phi) is 8.53. The van der Waals surface area contributed by atoms with E-state index >= 15 is 0 Å². The molecule has 8 nitrogen and oxygen atoms in total. The number of nitrogens with one attached hydrogen (secondary N) is 1. The first kappa shape index (κ1) is 25.3. The van der Waals surface area contributed by atoms with Gasteiger partial charge in [0.1, 0.15) is 22.6 Å². The van der Waals surface area contributed by atoms with Crippen molar-refractivity contribution in [3.63, 3.8) is 0 Å². The Balaban J connectivity index is 0.000000421. The normalized spacial score (nSPS) is 19.1. The number of nitrogen functional groups attached to an aromatic ring is 1. The molecule has 2 unspecified atom stereocenters. The van der Waals surface area contributed by atoms with Crippen LogP contribution in [0.1, 0.15) is 12.0 Å². The number of aliphatic hydroxyl groups excluding tert-OH is 1. The predicted octanol–water partition coefficient (Wildman–Crippen LogP) is 2.54. The molecule has 2 fully saturated rings. The number of hydrogen-bond donors (Lipinski definition) is 3. The van der Waals surface area contributed by atoms with E-state index < -0.39 is 22.9 Å². The van der Waals surface area contributed by atoms with Gasteiger partial charge in [-0.1, -0.05) is 23.8 Å². The summed E-state index contributed by atoms with van der Waals surface area (Å²) in [6.07, 6.45) is 2.94. The van der Waals surface area contributed by atoms with Crippen LogP contribution in [0.4, 0.5) is 10.2 Å². The lowest BCUT2D eigenvalue weighted by Gasteiger charge is -2.18. The van der Waals surface area contributed by atoms with Crippen LogP contribution in [0, 0.1) is 12.7 Å². The van der Waals surface area contributed by atoms with Gasteiger partial charge in [0.25, 0.3) is 0 Å². The Labute approximate surface area is 206 Å². The van der Waals surface area contributed by atoms with Crippen LogP contribution in [0.15, 0.2) is 53.7 Å². The van der Waals surface area contributed by atoms with Gasteiger partial charge >= 0.3 is 0 Å². The molecule has 2 aromatic carbocycles. The molecule has 0 spiro atoms. The summed E-state index contributed by atoms with van der Waals surface area (Å²) in [7, 11) is -1.44. The van der Waals surface area contributed by atoms with Crippen LogP contribution in [-0.4, -0.2) is 69.1 Å². The molecule has 3 aromatic rings. The Morgan fingerprint density at radius 1 is 1.14 bits per heavy atom. The molecular formula is C25H30FN5O3S. The Morgan fingerprint density at radius 3 is 2.51 bits per heavy atom. The average molecular weight is 500 g/mol. The first-order valence-corrected chi connectivity index (χ1v) is 12.6. The van der Waals surface area contributed by atoms with Crippen LogP contribution in [0.25, 0.3) is 22.4 Å². The lowest BCUT2D eigenvalue weighted by molar-refractivity contribution is 0.109. The van der Waals surface area contributed by atoms with Crippen molar-refractivity contribution in [1.29, 1.82) is 0 Å². The molecule has 2 saturated heterocycles. The summed E-state index contributed by atoms with van der Waals surface area (Å²) in [6, 6.07) is 10.4. The summed E-state index contributed by atoms with van der Waals surface area (Å²) in [5.41, 5.74) is 8.57. The highest BCUT2D eigenvalue weighted by molar-refractivity contribution is 7.82. The summed E-state index contributed by atoms with van der Waals surface area (Å²) < 4.78 is 34.7. The number of nitrogens with two attached hydrogens (primary N) is 1. The molecule has 0 saturated carbocycles. The second-order valence-electron chi connectivity index (χ2n) is 8.46. The van der Waals surface area contributed by atoms with E-state index in [1.165, 1.54) is 18.5 Å². The van der Waals surface area contributed by atoms with Gasteiger partial charge < -0.3 is 20.9 Å². The minimum absolute atomic E-state index is 0.268. The number of β-amino-alcohol motifs (C(OH)–C–C–N with tert-alkyl or cyclic N) is 1. The van der Waals surface area contributed by atoms with Gasteiger partial charge in [-0.05, 0) is 42.7 Å². The van der Waals surface area contributed by atoms with Gasteiger partial charge in [0.2, 0.25) is 0 Å². The van der Waals surface area contributed by atoms with Crippen LogP contribution < -0.4 is 11.1 Å². The number of aryl methyl sites for hydroxylation is 1. The fourth-order valence-electron chi connectivity index (χ4n) is 3.91. The highest BCUT2D eigenvalue weighted by atomic mass is 32.2. The molecule has 2 atom stereocenters. The second-order valence-corrected chi connectivity index (χ2v) is 9.92. The van der Waals surface area contributed by atoms with Crippen molar-refractivity contribution in [2.24, 2.45) is 0 Å². The van der Waals surface area contributed by atoms with Crippen molar-refractivity contribution in [3.05, 3.63) is 60.2 Å². The molecule has 2 aliphatic rings. The first-order valence-electron chi connectivity index (χ1n) is 11.5. The standard InChI is InChI=1S/C21H21FN4O2S.C4H9NO/c1-13-2-5-20(29(28)26-7-6-15(27)12-26)17(8-13)14-3-4-16(18(22)9-14)19-10-25-21(23)11-24-19;1-3-6-4-2-5-1/h2-5,8-11,15,27H,6-7,12H2,1H3,(H2,23,25);5H,1-4H2. The summed E-state index contributed by atoms with van der Waals surface area (Å²) in [4.78, 5) is 8.68. The Morgan fingerprint density at radius 2 is 1.94 bits per heavy atom. The van der Waals surface area contributed by atoms with Crippen molar-refractivity contribution in [1.82, 2.24) is 19.6 Å². The van der Waals surface area contributed by atoms with E-state index in [9.17, 15) is 13.7 Å². The number of nitrogens with zero attached hydrogens (tertiary/aromatic N) is 3. The number of morpholine rings is 1. The Hall–Kier alpha value is -2.76. The zero-order valence-corrected chi connectivity index (χ0v) is 20.4. The van der Waals surface area contributed by atoms with Crippen LogP contribution in [0.5, 0.6) is 0 Å². The molecule has 2 aliphatic heterocycles. The van der Waals surface area contributed by atoms with Crippen LogP contribution in [0.3, 0.4) is 0 Å². The summed E-state index contributed by atoms with van der Waals surface area (Å²) in [5.74, 6) is -0.180. The highest BCUT2D eigenvalue weighted by Gasteiger charge is 2.27. The highest BCUT2D eigenvalue weighted by Crippen LogP contribution is 2.32. The number of aromatic nitrogens is 2. The van der Waals surface area contributed by atoms with Gasteiger partial charge in [-0.3, -0.25) is 4.98 Å². The average Bonchev–Trinajstić information content (AvgIpc) is 3.32. The van der Waals surface area contributed by atoms with E-state index in [1.807, 2.05) is 25.1 Å². The van der Waals surface area contributed by atoms with Crippen molar-refractivity contribution in [2.45, 2.75) is 24.3 Å². The lowest BCUT2D eigenvalue weighted by atomic mass is 10.0. The largest absolute Gasteiger partial charge is 0.392 e. The smallest absolute Gasteiger partial charge is 0.141 e. The van der Waals surface area contributed by atoms with Gasteiger partial charge in [-0.15, -0.1) is 0 Å². The molecule has 186 valence electrons. The maximum Gasteiger partial charge on any atom is 0.141 e. The van der Waals surface area contributed by atoms with Crippen molar-refractivity contribution < 1.29 is 18.4 Å². The van der Waals surface area contributed by atoms with E-state index in [2.05, 4.69) is 15.3 Å². The third kappa shape index (κ3) is 6.47. The van der Waals surface area contributed by atoms with Crippen molar-refractivity contribution in [2.75, 3.05) is 45.1 Å². The van der Waals surface area contributed by atoms with Gasteiger partial charge in [0.15, 0.2) is 0 Å². The molecule has 0 aliphatic carbocycles. The molecule has 1 aromatic heterocycles. The van der Waals surface area contributed by atoms with E-state index in [0.717, 1.165) is 31.9 Å². The maximum absolute atomic E-state index is 14.9. The van der Waals surface area contributed by atoms with Gasteiger partial charge in [0.05, 0.1) is 42.3 Å². The van der Waals surface area contributed by atoms with Crippen LogP contribution >= 0.6 is 0 Å². The SMILES string of the molecule is C1COCCN1.Cc1ccc(S(=O)N2CCC(O)C2)c(-c2ccc(-c3cnc(N)cn3)c(F)c2)c1. The van der Waals surface area contributed by atoms with Gasteiger partial charge in [-0.25, -0.2) is 17.9 Å². The fraction of sp³-hybridized carbons (Fsp3) is 0.360. The number of hydrogen-bond acceptors (Lipinski definition) is 7. The summed E-state index contributed by atoms with van der Waals surface area (Å²) in [5, 5.41) is 12.9. The molecule has 3 heterocycles. The van der Waals surface area contributed by atoms with Crippen molar-refractivity contribution >= 4 is 16.8 Å². The molecule has 35 heavy (non-hydrogen) atoms. The number of anilines is 1. The molecule has 0 amide bonds. The number of rotatable bonds is 4. The predicted molar refractivity (Wildman–Crippen MR) is 134 cm³/mol. The van der Waals surface area contributed by atoms with Gasteiger partial charge in [0, 0.05) is 31.7 Å². The molecule has 0 bridgehead atoms. The number of aliphatic hydroxyl groups is 1. The molecule has 10 heteroatoms. The van der Waals surface area contributed by atoms with E-state index in [0.29, 0.717) is 46.8 Å². The van der Waals surface area contributed by atoms with Gasteiger partial charge in [-0.2, -0.15) is 0 Å². The zero-order chi connectivity index (χ0) is 24.8. The summed E-state index contributed by atoms with van der Waals surface area (Å²) >= 11 is 0. The minimum Gasteiger partial charge on any atom is -0.392 e. The topological polar surface area (TPSA) is 114 Å². The minimum atomic E-state index is -1.44. The first-order chi connectivity index (χ1) is 16.9. The van der Waals surface area contributed by atoms with E-state index in [4.69, 9.17) is 10.5 Å². The summed E-state index contributed by atoms with van der Waals surface area (Å²) in [6.45, 7) is 6.69. The molecular weight excluding hydrogens is 469 g/mol. The second kappa shape index (κ2) is 11.8. The number of ether oxygens (including phenoxy) is 1. The van der Waals surface area contributed by atoms with E-state index in [-0.39, 0.29) is 5.82 Å². The quantitative estimate of drug-likeness (QED) is 0.506. The molecule has 5 rings (SSSR count). The van der Waals surface area contributed by atoms with E-state index in [1.54, 1.807) is 16.4 Å². The maximum atomic E-state index is 14.9. The number of benzene rings is 2. The Bertz CT molecular complexity index is 1160. The van der Waals surface area contributed by atoms with Crippen LogP contribution in [0.2, 0.25) is 0 Å².